The van der Waals surface area contributed by atoms with E-state index in [-0.39, 0.29) is 6.04 Å². The van der Waals surface area contributed by atoms with Crippen molar-refractivity contribution in [3.8, 4) is 0 Å². The van der Waals surface area contributed by atoms with Gasteiger partial charge in [-0.2, -0.15) is 0 Å². The van der Waals surface area contributed by atoms with Crippen molar-refractivity contribution < 1.29 is 5.11 Å². The molecule has 24 heavy (non-hydrogen) atoms. The number of hydrogen-bond acceptors (Lipinski definition) is 3. The first kappa shape index (κ1) is 16.0. The van der Waals surface area contributed by atoms with Crippen molar-refractivity contribution in [1.29, 1.82) is 0 Å². The quantitative estimate of drug-likeness (QED) is 0.876. The summed E-state index contributed by atoms with van der Waals surface area (Å²) < 4.78 is 0. The maximum Gasteiger partial charge on any atom is 0.0950 e. The molecule has 128 valence electrons. The molecule has 1 aliphatic carbocycles. The molecule has 0 radical (unpaired) electrons. The van der Waals surface area contributed by atoms with Gasteiger partial charge in [-0.3, -0.25) is 4.98 Å². The molecule has 4 rings (SSSR count). The minimum absolute atomic E-state index is 0.170. The fourth-order valence-corrected chi connectivity index (χ4v) is 4.44. The number of aliphatic hydroxyl groups is 1. The fourth-order valence-electron chi connectivity index (χ4n) is 4.44. The Morgan fingerprint density at radius 2 is 1.79 bits per heavy atom. The summed E-state index contributed by atoms with van der Waals surface area (Å²) in [5, 5.41) is 15.7. The topological polar surface area (TPSA) is 45.2 Å². The zero-order valence-corrected chi connectivity index (χ0v) is 14.4. The number of rotatable bonds is 3. The molecule has 0 amide bonds. The lowest BCUT2D eigenvalue weighted by molar-refractivity contribution is 0.115. The molecule has 1 aromatic carbocycles. The number of nitrogens with zero attached hydrogens (tertiary/aromatic N) is 1. The van der Waals surface area contributed by atoms with E-state index in [0.29, 0.717) is 5.92 Å². The van der Waals surface area contributed by atoms with Crippen LogP contribution in [0.1, 0.15) is 74.6 Å². The van der Waals surface area contributed by atoms with E-state index in [9.17, 15) is 5.11 Å². The van der Waals surface area contributed by atoms with Gasteiger partial charge >= 0.3 is 0 Å². The van der Waals surface area contributed by atoms with Crippen LogP contribution >= 0.6 is 0 Å². The van der Waals surface area contributed by atoms with Gasteiger partial charge in [-0.1, -0.05) is 43.9 Å². The summed E-state index contributed by atoms with van der Waals surface area (Å²) in [6.07, 6.45) is 9.47. The molecule has 2 aromatic rings. The highest BCUT2D eigenvalue weighted by Crippen LogP contribution is 2.36. The molecule has 1 saturated heterocycles. The Balaban J connectivity index is 1.73. The van der Waals surface area contributed by atoms with Crippen molar-refractivity contribution in [1.82, 2.24) is 10.3 Å². The van der Waals surface area contributed by atoms with E-state index in [1.54, 1.807) is 0 Å². The van der Waals surface area contributed by atoms with Crippen molar-refractivity contribution in [3.63, 3.8) is 0 Å². The number of benzene rings is 1. The molecule has 0 unspecified atom stereocenters. The minimum atomic E-state index is -0.444. The molecule has 2 atom stereocenters. The van der Waals surface area contributed by atoms with Crippen molar-refractivity contribution in [2.75, 3.05) is 6.54 Å². The summed E-state index contributed by atoms with van der Waals surface area (Å²) in [4.78, 5) is 4.96. The highest BCUT2D eigenvalue weighted by molar-refractivity contribution is 5.83. The maximum atomic E-state index is 11.1. The third-order valence-electron chi connectivity index (χ3n) is 5.84. The zero-order chi connectivity index (χ0) is 16.4. The summed E-state index contributed by atoms with van der Waals surface area (Å²) in [7, 11) is 0. The summed E-state index contributed by atoms with van der Waals surface area (Å²) in [5.74, 6) is 0.564. The summed E-state index contributed by atoms with van der Waals surface area (Å²) >= 11 is 0. The smallest absolute Gasteiger partial charge is 0.0950 e. The molecule has 0 spiro atoms. The van der Waals surface area contributed by atoms with Gasteiger partial charge in [0, 0.05) is 23.0 Å². The Hall–Kier alpha value is -1.45. The van der Waals surface area contributed by atoms with Crippen molar-refractivity contribution in [2.24, 2.45) is 0 Å². The van der Waals surface area contributed by atoms with E-state index in [1.165, 1.54) is 50.6 Å². The van der Waals surface area contributed by atoms with E-state index < -0.39 is 6.10 Å². The first-order valence-corrected chi connectivity index (χ1v) is 9.64. The van der Waals surface area contributed by atoms with Crippen LogP contribution in [0.25, 0.3) is 10.9 Å². The molecular weight excluding hydrogens is 296 g/mol. The van der Waals surface area contributed by atoms with Gasteiger partial charge in [-0.15, -0.1) is 0 Å². The molecule has 2 fully saturated rings. The third-order valence-corrected chi connectivity index (χ3v) is 5.84. The second-order valence-electron chi connectivity index (χ2n) is 7.49. The maximum absolute atomic E-state index is 11.1. The van der Waals surface area contributed by atoms with Crippen LogP contribution in [0.5, 0.6) is 0 Å². The van der Waals surface area contributed by atoms with Crippen LogP contribution in [-0.2, 0) is 0 Å². The van der Waals surface area contributed by atoms with Gasteiger partial charge < -0.3 is 10.4 Å². The van der Waals surface area contributed by atoms with Gasteiger partial charge in [0.1, 0.15) is 0 Å². The van der Waals surface area contributed by atoms with Gasteiger partial charge in [-0.25, -0.2) is 0 Å². The molecule has 2 N–H and O–H groups in total. The first-order valence-electron chi connectivity index (χ1n) is 9.64. The molecule has 1 aromatic heterocycles. The largest absolute Gasteiger partial charge is 0.387 e. The summed E-state index contributed by atoms with van der Waals surface area (Å²) in [6.45, 7) is 1.01. The highest BCUT2D eigenvalue weighted by atomic mass is 16.3. The van der Waals surface area contributed by atoms with Gasteiger partial charge in [-0.05, 0) is 49.9 Å². The molecule has 2 heterocycles. The van der Waals surface area contributed by atoms with Crippen LogP contribution in [0.15, 0.2) is 30.3 Å². The van der Waals surface area contributed by atoms with Gasteiger partial charge in [0.25, 0.3) is 0 Å². The number of hydrogen-bond donors (Lipinski definition) is 2. The third kappa shape index (κ3) is 3.20. The Bertz CT molecular complexity index is 687. The van der Waals surface area contributed by atoms with Crippen molar-refractivity contribution in [3.05, 3.63) is 41.6 Å². The van der Waals surface area contributed by atoms with Gasteiger partial charge in [0.2, 0.25) is 0 Å². The summed E-state index contributed by atoms with van der Waals surface area (Å²) in [6, 6.07) is 10.7. The van der Waals surface area contributed by atoms with E-state index in [2.05, 4.69) is 35.6 Å². The van der Waals surface area contributed by atoms with Crippen LogP contribution in [0.2, 0.25) is 0 Å². The Labute approximate surface area is 144 Å². The van der Waals surface area contributed by atoms with E-state index >= 15 is 0 Å². The Morgan fingerprint density at radius 3 is 2.58 bits per heavy atom. The van der Waals surface area contributed by atoms with Gasteiger partial charge in [0.15, 0.2) is 0 Å². The average molecular weight is 324 g/mol. The fraction of sp³-hybridized carbons (Fsp3) is 0.571. The van der Waals surface area contributed by atoms with Gasteiger partial charge in [0.05, 0.1) is 11.6 Å². The number of fused-ring (bicyclic) bond motifs is 1. The molecule has 1 aliphatic heterocycles. The summed E-state index contributed by atoms with van der Waals surface area (Å²) in [5.41, 5.74) is 3.30. The monoisotopic (exact) mass is 324 g/mol. The predicted octanol–water partition coefficient (Wildman–Crippen LogP) is 4.46. The van der Waals surface area contributed by atoms with Crippen LogP contribution < -0.4 is 5.32 Å². The zero-order valence-electron chi connectivity index (χ0n) is 14.4. The highest BCUT2D eigenvalue weighted by Gasteiger charge is 2.26. The van der Waals surface area contributed by atoms with Crippen LogP contribution in [0.4, 0.5) is 0 Å². The molecular formula is C21H28N2O. The number of aromatic nitrogens is 1. The molecule has 3 heteroatoms. The second-order valence-corrected chi connectivity index (χ2v) is 7.49. The second kappa shape index (κ2) is 7.20. The molecule has 1 saturated carbocycles. The number of piperidine rings is 1. The van der Waals surface area contributed by atoms with Crippen LogP contribution in [-0.4, -0.2) is 22.7 Å². The standard InChI is InChI=1S/C21H28N2O/c24-21(19-12-6-7-13-22-19)17-14-20(15-8-2-1-3-9-15)23-18-11-5-4-10-16(17)18/h4-5,10-11,14-15,19,21-22,24H,1-3,6-9,12-13H2/t19-,21-/m0/s1. The number of pyridine rings is 1. The minimum Gasteiger partial charge on any atom is -0.387 e. The molecule has 2 aliphatic rings. The Kier molecular flexibility index (Phi) is 4.81. The normalized spacial score (nSPS) is 24.1. The van der Waals surface area contributed by atoms with E-state index in [4.69, 9.17) is 4.98 Å². The first-order chi connectivity index (χ1) is 11.8. The van der Waals surface area contributed by atoms with Crippen molar-refractivity contribution in [2.45, 2.75) is 69.4 Å². The SMILES string of the molecule is O[C@@H](c1cc(C2CCCCC2)nc2ccccc12)[C@@H]1CCCCN1. The van der Waals surface area contributed by atoms with Crippen LogP contribution in [0.3, 0.4) is 0 Å². The lowest BCUT2D eigenvalue weighted by Gasteiger charge is -2.30. The molecule has 3 nitrogen and oxygen atoms in total. The lowest BCUT2D eigenvalue weighted by Crippen LogP contribution is -2.38. The molecule has 0 bridgehead atoms. The van der Waals surface area contributed by atoms with E-state index in [0.717, 1.165) is 29.4 Å². The number of aliphatic hydroxyl groups excluding tert-OH is 1. The van der Waals surface area contributed by atoms with Crippen molar-refractivity contribution >= 4 is 10.9 Å². The number of para-hydroxylation sites is 1. The number of nitrogens with one attached hydrogen (secondary N) is 1. The van der Waals surface area contributed by atoms with Crippen LogP contribution in [0, 0.1) is 0 Å². The average Bonchev–Trinajstić information content (AvgIpc) is 2.68. The Morgan fingerprint density at radius 1 is 1.00 bits per heavy atom. The van der Waals surface area contributed by atoms with E-state index in [1.807, 2.05) is 0 Å². The predicted molar refractivity (Wildman–Crippen MR) is 98.2 cm³/mol. The lowest BCUT2D eigenvalue weighted by atomic mass is 9.84.